The van der Waals surface area contributed by atoms with Crippen LogP contribution in [0.2, 0.25) is 0 Å². The van der Waals surface area contributed by atoms with Gasteiger partial charge in [0.2, 0.25) is 5.91 Å². The molecule has 2 amide bonds. The molecule has 5 nitrogen and oxygen atoms in total. The lowest BCUT2D eigenvalue weighted by Crippen LogP contribution is -2.46. The summed E-state index contributed by atoms with van der Waals surface area (Å²) < 4.78 is 18.3. The van der Waals surface area contributed by atoms with Crippen molar-refractivity contribution >= 4 is 11.8 Å². The highest BCUT2D eigenvalue weighted by Gasteiger charge is 2.32. The van der Waals surface area contributed by atoms with Crippen LogP contribution in [0.1, 0.15) is 48.0 Å². The van der Waals surface area contributed by atoms with Crippen molar-refractivity contribution in [2.75, 3.05) is 33.3 Å². The Hall–Kier alpha value is -2.89. The average molecular weight is 453 g/mol. The number of hydrogen-bond donors (Lipinski definition) is 0. The SMILES string of the molecule is COc1ccc(CCC2CCN(C(=O)C3CCN(C(=O)c4ccc(F)cc4)CC3)CC2)cc1. The fourth-order valence-corrected chi connectivity index (χ4v) is 4.97. The van der Waals surface area contributed by atoms with E-state index in [1.165, 1.54) is 29.8 Å². The second kappa shape index (κ2) is 10.8. The minimum Gasteiger partial charge on any atom is -0.497 e. The first kappa shape index (κ1) is 23.3. The van der Waals surface area contributed by atoms with Crippen LogP contribution in [0.4, 0.5) is 4.39 Å². The van der Waals surface area contributed by atoms with Gasteiger partial charge in [0.05, 0.1) is 7.11 Å². The largest absolute Gasteiger partial charge is 0.497 e. The van der Waals surface area contributed by atoms with Crippen molar-refractivity contribution in [2.45, 2.75) is 38.5 Å². The zero-order chi connectivity index (χ0) is 23.2. The van der Waals surface area contributed by atoms with Crippen LogP contribution in [0.5, 0.6) is 5.75 Å². The molecule has 6 heteroatoms. The van der Waals surface area contributed by atoms with Gasteiger partial charge < -0.3 is 14.5 Å². The smallest absolute Gasteiger partial charge is 0.253 e. The molecule has 2 heterocycles. The van der Waals surface area contributed by atoms with Crippen LogP contribution < -0.4 is 4.74 Å². The van der Waals surface area contributed by atoms with Crippen molar-refractivity contribution in [1.82, 2.24) is 9.80 Å². The summed E-state index contributed by atoms with van der Waals surface area (Å²) >= 11 is 0. The zero-order valence-corrected chi connectivity index (χ0v) is 19.3. The van der Waals surface area contributed by atoms with Gasteiger partial charge >= 0.3 is 0 Å². The van der Waals surface area contributed by atoms with Crippen LogP contribution >= 0.6 is 0 Å². The predicted octanol–water partition coefficient (Wildman–Crippen LogP) is 4.56. The molecule has 0 aromatic heterocycles. The number of carbonyl (C=O) groups is 2. The average Bonchev–Trinajstić information content (AvgIpc) is 2.88. The molecule has 2 aromatic rings. The van der Waals surface area contributed by atoms with Gasteiger partial charge in [0.1, 0.15) is 11.6 Å². The Morgan fingerprint density at radius 3 is 2.09 bits per heavy atom. The third-order valence-corrected chi connectivity index (χ3v) is 7.15. The van der Waals surface area contributed by atoms with Crippen LogP contribution in [0.3, 0.4) is 0 Å². The molecular formula is C27H33FN2O3. The van der Waals surface area contributed by atoms with Gasteiger partial charge in [-0.25, -0.2) is 4.39 Å². The predicted molar refractivity (Wildman–Crippen MR) is 126 cm³/mol. The zero-order valence-electron chi connectivity index (χ0n) is 19.3. The number of aryl methyl sites for hydroxylation is 1. The van der Waals surface area contributed by atoms with E-state index in [9.17, 15) is 14.0 Å². The van der Waals surface area contributed by atoms with E-state index >= 15 is 0 Å². The van der Waals surface area contributed by atoms with Crippen molar-refractivity contribution < 1.29 is 18.7 Å². The summed E-state index contributed by atoms with van der Waals surface area (Å²) in [4.78, 5) is 29.5. The quantitative estimate of drug-likeness (QED) is 0.646. The number of benzene rings is 2. The van der Waals surface area contributed by atoms with Gasteiger partial charge in [-0.15, -0.1) is 0 Å². The highest BCUT2D eigenvalue weighted by molar-refractivity contribution is 5.94. The molecule has 2 aromatic carbocycles. The molecule has 4 rings (SSSR count). The fourth-order valence-electron chi connectivity index (χ4n) is 4.97. The van der Waals surface area contributed by atoms with E-state index in [1.807, 2.05) is 17.0 Å². The van der Waals surface area contributed by atoms with E-state index < -0.39 is 0 Å². The highest BCUT2D eigenvalue weighted by atomic mass is 19.1. The molecule has 0 radical (unpaired) electrons. The number of likely N-dealkylation sites (tertiary alicyclic amines) is 2. The van der Waals surface area contributed by atoms with Gasteiger partial charge in [-0.1, -0.05) is 12.1 Å². The lowest BCUT2D eigenvalue weighted by atomic mass is 9.89. The Bertz CT molecular complexity index is 929. The van der Waals surface area contributed by atoms with Gasteiger partial charge in [-0.2, -0.15) is 0 Å². The number of piperidine rings is 2. The number of methoxy groups -OCH3 is 1. The van der Waals surface area contributed by atoms with Gasteiger partial charge in [-0.05, 0) is 86.4 Å². The topological polar surface area (TPSA) is 49.9 Å². The van der Waals surface area contributed by atoms with Gasteiger partial charge in [0.25, 0.3) is 5.91 Å². The summed E-state index contributed by atoms with van der Waals surface area (Å²) in [6, 6.07) is 13.9. The monoisotopic (exact) mass is 452 g/mol. The lowest BCUT2D eigenvalue weighted by Gasteiger charge is -2.37. The Morgan fingerprint density at radius 1 is 0.879 bits per heavy atom. The van der Waals surface area contributed by atoms with E-state index in [-0.39, 0.29) is 23.5 Å². The maximum atomic E-state index is 13.1. The van der Waals surface area contributed by atoms with Crippen LogP contribution in [-0.2, 0) is 11.2 Å². The molecule has 0 spiro atoms. The molecule has 2 saturated heterocycles. The third-order valence-electron chi connectivity index (χ3n) is 7.15. The summed E-state index contributed by atoms with van der Waals surface area (Å²) in [7, 11) is 1.68. The van der Waals surface area contributed by atoms with Gasteiger partial charge in [0.15, 0.2) is 0 Å². The summed E-state index contributed by atoms with van der Waals surface area (Å²) in [5.74, 6) is 1.36. The number of halogens is 1. The van der Waals surface area contributed by atoms with E-state index in [0.717, 1.165) is 44.5 Å². The molecule has 176 valence electrons. The maximum Gasteiger partial charge on any atom is 0.253 e. The molecular weight excluding hydrogens is 419 g/mol. The minimum atomic E-state index is -0.347. The molecule has 0 aliphatic carbocycles. The van der Waals surface area contributed by atoms with Crippen molar-refractivity contribution in [1.29, 1.82) is 0 Å². The van der Waals surface area contributed by atoms with Gasteiger partial charge in [0, 0.05) is 37.7 Å². The van der Waals surface area contributed by atoms with E-state index in [2.05, 4.69) is 12.1 Å². The van der Waals surface area contributed by atoms with Crippen LogP contribution in [-0.4, -0.2) is 54.9 Å². The van der Waals surface area contributed by atoms with Crippen LogP contribution in [0, 0.1) is 17.7 Å². The Balaban J connectivity index is 1.19. The molecule has 33 heavy (non-hydrogen) atoms. The third kappa shape index (κ3) is 5.92. The van der Waals surface area contributed by atoms with Gasteiger partial charge in [-0.3, -0.25) is 9.59 Å². The Labute approximate surface area is 195 Å². The number of rotatable bonds is 6. The molecule has 2 fully saturated rings. The second-order valence-corrected chi connectivity index (χ2v) is 9.23. The van der Waals surface area contributed by atoms with Crippen molar-refractivity contribution in [3.05, 3.63) is 65.5 Å². The van der Waals surface area contributed by atoms with E-state index in [1.54, 1.807) is 12.0 Å². The number of ether oxygens (including phenoxy) is 1. The molecule has 0 unspecified atom stereocenters. The van der Waals surface area contributed by atoms with Crippen molar-refractivity contribution in [2.24, 2.45) is 11.8 Å². The summed E-state index contributed by atoms with van der Waals surface area (Å²) in [5.41, 5.74) is 1.83. The maximum absolute atomic E-state index is 13.1. The van der Waals surface area contributed by atoms with Crippen LogP contribution in [0.25, 0.3) is 0 Å². The van der Waals surface area contributed by atoms with Crippen LogP contribution in [0.15, 0.2) is 48.5 Å². The molecule has 2 aliphatic heterocycles. The summed E-state index contributed by atoms with van der Waals surface area (Å²) in [6.07, 6.45) is 5.72. The first-order valence-corrected chi connectivity index (χ1v) is 12.0. The normalized spacial score (nSPS) is 17.8. The number of hydrogen-bond acceptors (Lipinski definition) is 3. The Morgan fingerprint density at radius 2 is 1.48 bits per heavy atom. The molecule has 0 N–H and O–H groups in total. The lowest BCUT2D eigenvalue weighted by molar-refractivity contribution is -0.138. The van der Waals surface area contributed by atoms with E-state index in [0.29, 0.717) is 37.4 Å². The molecule has 0 saturated carbocycles. The standard InChI is InChI=1S/C27H33FN2O3/c1-33-25-10-4-20(5-11-25)2-3-21-12-16-29(17-13-21)27(32)23-14-18-30(19-15-23)26(31)22-6-8-24(28)9-7-22/h4-11,21,23H,2-3,12-19H2,1H3. The van der Waals surface area contributed by atoms with Crippen molar-refractivity contribution in [3.63, 3.8) is 0 Å². The summed E-state index contributed by atoms with van der Waals surface area (Å²) in [6.45, 7) is 2.82. The number of nitrogens with zero attached hydrogens (tertiary/aromatic N) is 2. The fraction of sp³-hybridized carbons (Fsp3) is 0.481. The molecule has 2 aliphatic rings. The Kier molecular flexibility index (Phi) is 7.63. The first-order chi connectivity index (χ1) is 16.0. The molecule has 0 bridgehead atoms. The first-order valence-electron chi connectivity index (χ1n) is 12.0. The number of carbonyl (C=O) groups excluding carboxylic acids is 2. The number of amides is 2. The minimum absolute atomic E-state index is 0.00174. The highest BCUT2D eigenvalue weighted by Crippen LogP contribution is 2.27. The summed E-state index contributed by atoms with van der Waals surface area (Å²) in [5, 5.41) is 0. The van der Waals surface area contributed by atoms with E-state index in [4.69, 9.17) is 4.74 Å². The van der Waals surface area contributed by atoms with Crippen molar-refractivity contribution in [3.8, 4) is 5.75 Å². The molecule has 0 atom stereocenters. The second-order valence-electron chi connectivity index (χ2n) is 9.23.